The fourth-order valence-electron chi connectivity index (χ4n) is 2.67. The number of halogens is 4. The smallest absolute Gasteiger partial charge is 0.353 e. The van der Waals surface area contributed by atoms with Crippen LogP contribution in [-0.4, -0.2) is 60.6 Å². The first-order valence-electron chi connectivity index (χ1n) is 8.90. The fraction of sp³-hybridized carbons (Fsp3) is 0.588. The normalized spacial score (nSPS) is 16.6. The second-order valence-corrected chi connectivity index (χ2v) is 7.03. The molecule has 7 nitrogen and oxygen atoms in total. The van der Waals surface area contributed by atoms with Gasteiger partial charge in [-0.1, -0.05) is 18.5 Å². The molecule has 1 saturated heterocycles. The van der Waals surface area contributed by atoms with Crippen LogP contribution in [0.3, 0.4) is 0 Å². The summed E-state index contributed by atoms with van der Waals surface area (Å²) in [5.74, 6) is -0.133. The van der Waals surface area contributed by atoms with Gasteiger partial charge >= 0.3 is 12.2 Å². The summed E-state index contributed by atoms with van der Waals surface area (Å²) in [4.78, 5) is 31.1. The number of hydrogen-bond acceptors (Lipinski definition) is 5. The number of rotatable bonds is 5. The lowest BCUT2D eigenvalue weighted by atomic mass is 10.2. The number of piperazine rings is 1. The highest BCUT2D eigenvalue weighted by Crippen LogP contribution is 2.33. The van der Waals surface area contributed by atoms with Crippen molar-refractivity contribution >= 4 is 29.4 Å². The van der Waals surface area contributed by atoms with Crippen LogP contribution in [0.5, 0.6) is 0 Å². The van der Waals surface area contributed by atoms with Crippen LogP contribution in [0, 0.1) is 0 Å². The number of alkyl halides is 3. The first-order valence-corrected chi connectivity index (χ1v) is 9.28. The van der Waals surface area contributed by atoms with Crippen LogP contribution in [0.1, 0.15) is 25.8 Å². The van der Waals surface area contributed by atoms with Crippen molar-refractivity contribution in [2.75, 3.05) is 37.6 Å². The molecule has 3 amide bonds. The van der Waals surface area contributed by atoms with Crippen molar-refractivity contribution in [3.05, 3.63) is 22.8 Å². The van der Waals surface area contributed by atoms with E-state index in [-0.39, 0.29) is 23.4 Å². The Hall–Kier alpha value is -2.07. The lowest BCUT2D eigenvalue weighted by Gasteiger charge is -2.35. The van der Waals surface area contributed by atoms with Gasteiger partial charge in [-0.25, -0.2) is 9.78 Å². The molecule has 1 atom stereocenters. The van der Waals surface area contributed by atoms with Crippen LogP contribution in [-0.2, 0) is 11.0 Å². The standard InChI is InChI=1S/C17H23ClF3N5O2/c1-3-11(2)23-16(28)24-14(27)10-25-4-6-26(7-5-25)15-13(18)8-12(9-22-15)17(19,20)21/h8-9,11H,3-7,10H2,1-2H3,(H2,23,24,27,28)/t11-/m0/s1. The minimum atomic E-state index is -4.50. The SMILES string of the molecule is CC[C@H](C)NC(=O)NC(=O)CN1CCN(c2ncc(C(F)(F)F)cc2Cl)CC1. The lowest BCUT2D eigenvalue weighted by molar-refractivity contribution is -0.137. The van der Waals surface area contributed by atoms with Crippen molar-refractivity contribution < 1.29 is 22.8 Å². The van der Waals surface area contributed by atoms with Crippen LogP contribution >= 0.6 is 11.6 Å². The van der Waals surface area contributed by atoms with E-state index in [2.05, 4.69) is 15.6 Å². The van der Waals surface area contributed by atoms with Gasteiger partial charge in [-0.15, -0.1) is 0 Å². The second-order valence-electron chi connectivity index (χ2n) is 6.62. The maximum absolute atomic E-state index is 12.7. The van der Waals surface area contributed by atoms with E-state index in [1.54, 1.807) is 4.90 Å². The van der Waals surface area contributed by atoms with E-state index in [1.807, 2.05) is 18.7 Å². The molecule has 0 saturated carbocycles. The molecule has 1 fully saturated rings. The summed E-state index contributed by atoms with van der Waals surface area (Å²) in [5.41, 5.74) is -0.896. The molecule has 2 N–H and O–H groups in total. The number of imide groups is 1. The number of nitrogens with one attached hydrogen (secondary N) is 2. The first kappa shape index (κ1) is 22.2. The zero-order valence-corrected chi connectivity index (χ0v) is 16.4. The van der Waals surface area contributed by atoms with Gasteiger partial charge in [-0.3, -0.25) is 15.0 Å². The highest BCUT2D eigenvalue weighted by atomic mass is 35.5. The van der Waals surface area contributed by atoms with E-state index >= 15 is 0 Å². The molecule has 2 heterocycles. The van der Waals surface area contributed by atoms with Gasteiger partial charge in [-0.2, -0.15) is 13.2 Å². The third-order valence-corrected chi connectivity index (χ3v) is 4.71. The van der Waals surface area contributed by atoms with Gasteiger partial charge in [0.25, 0.3) is 0 Å². The molecule has 11 heteroatoms. The average molecular weight is 422 g/mol. The van der Waals surface area contributed by atoms with Crippen molar-refractivity contribution in [2.45, 2.75) is 32.5 Å². The summed E-state index contributed by atoms with van der Waals surface area (Å²) in [7, 11) is 0. The fourth-order valence-corrected chi connectivity index (χ4v) is 2.95. The number of nitrogens with zero attached hydrogens (tertiary/aromatic N) is 3. The molecule has 28 heavy (non-hydrogen) atoms. The zero-order valence-electron chi connectivity index (χ0n) is 15.6. The maximum atomic E-state index is 12.7. The van der Waals surface area contributed by atoms with Gasteiger partial charge in [0.05, 0.1) is 17.1 Å². The molecule has 156 valence electrons. The number of anilines is 1. The highest BCUT2D eigenvalue weighted by molar-refractivity contribution is 6.33. The predicted molar refractivity (Wildman–Crippen MR) is 99.3 cm³/mol. The quantitative estimate of drug-likeness (QED) is 0.764. The summed E-state index contributed by atoms with van der Waals surface area (Å²) in [6.07, 6.45) is -2.98. The monoisotopic (exact) mass is 421 g/mol. The molecule has 0 radical (unpaired) electrons. The summed E-state index contributed by atoms with van der Waals surface area (Å²) in [6, 6.07) is 0.302. The van der Waals surface area contributed by atoms with Crippen molar-refractivity contribution in [1.29, 1.82) is 0 Å². The van der Waals surface area contributed by atoms with E-state index in [4.69, 9.17) is 11.6 Å². The number of urea groups is 1. The molecule has 0 spiro atoms. The van der Waals surface area contributed by atoms with E-state index in [1.165, 1.54) is 0 Å². The topological polar surface area (TPSA) is 77.6 Å². The van der Waals surface area contributed by atoms with Gasteiger partial charge < -0.3 is 10.2 Å². The summed E-state index contributed by atoms with van der Waals surface area (Å²) in [6.45, 7) is 5.68. The molecule has 0 aliphatic carbocycles. The van der Waals surface area contributed by atoms with Crippen molar-refractivity contribution in [3.8, 4) is 0 Å². The molecule has 2 rings (SSSR count). The Morgan fingerprint density at radius 3 is 2.46 bits per heavy atom. The number of amides is 3. The third kappa shape index (κ3) is 6.23. The summed E-state index contributed by atoms with van der Waals surface area (Å²) < 4.78 is 38.1. The van der Waals surface area contributed by atoms with Gasteiger partial charge in [-0.05, 0) is 19.4 Å². The van der Waals surface area contributed by atoms with Crippen LogP contribution < -0.4 is 15.5 Å². The maximum Gasteiger partial charge on any atom is 0.417 e. The van der Waals surface area contributed by atoms with Crippen LogP contribution in [0.4, 0.5) is 23.8 Å². The van der Waals surface area contributed by atoms with E-state index < -0.39 is 23.7 Å². The van der Waals surface area contributed by atoms with Crippen molar-refractivity contribution in [3.63, 3.8) is 0 Å². The summed E-state index contributed by atoms with van der Waals surface area (Å²) in [5, 5.41) is 4.86. The van der Waals surface area contributed by atoms with E-state index in [0.717, 1.165) is 18.7 Å². The minimum Gasteiger partial charge on any atom is -0.353 e. The Morgan fingerprint density at radius 2 is 1.93 bits per heavy atom. The van der Waals surface area contributed by atoms with Crippen molar-refractivity contribution in [1.82, 2.24) is 20.5 Å². The van der Waals surface area contributed by atoms with Crippen molar-refractivity contribution in [2.24, 2.45) is 0 Å². The van der Waals surface area contributed by atoms with Crippen LogP contribution in [0.2, 0.25) is 5.02 Å². The summed E-state index contributed by atoms with van der Waals surface area (Å²) >= 11 is 5.97. The molecule has 1 aromatic rings. The van der Waals surface area contributed by atoms with Gasteiger partial charge in [0.1, 0.15) is 5.82 Å². The minimum absolute atomic E-state index is 0.0303. The number of aromatic nitrogens is 1. The third-order valence-electron chi connectivity index (χ3n) is 4.43. The number of hydrogen-bond donors (Lipinski definition) is 2. The first-order chi connectivity index (χ1) is 13.1. The lowest BCUT2D eigenvalue weighted by Crippen LogP contribution is -2.52. The largest absolute Gasteiger partial charge is 0.417 e. The molecular formula is C17H23ClF3N5O2. The van der Waals surface area contributed by atoms with Crippen LogP contribution in [0.15, 0.2) is 12.3 Å². The Bertz CT molecular complexity index is 709. The molecule has 0 aromatic carbocycles. The molecule has 0 bridgehead atoms. The molecule has 1 aliphatic rings. The highest BCUT2D eigenvalue weighted by Gasteiger charge is 2.32. The Kier molecular flexibility index (Phi) is 7.48. The Labute approximate surface area is 166 Å². The number of carbonyl (C=O) groups excluding carboxylic acids is 2. The molecule has 1 aliphatic heterocycles. The van der Waals surface area contributed by atoms with Gasteiger partial charge in [0.2, 0.25) is 5.91 Å². The van der Waals surface area contributed by atoms with E-state index in [9.17, 15) is 22.8 Å². The number of pyridine rings is 1. The average Bonchev–Trinajstić information content (AvgIpc) is 2.61. The predicted octanol–water partition coefficient (Wildman–Crippen LogP) is 2.50. The molecular weight excluding hydrogens is 399 g/mol. The van der Waals surface area contributed by atoms with Gasteiger partial charge in [0, 0.05) is 38.4 Å². The van der Waals surface area contributed by atoms with Gasteiger partial charge in [0.15, 0.2) is 0 Å². The Balaban J connectivity index is 1.84. The van der Waals surface area contributed by atoms with Crippen LogP contribution in [0.25, 0.3) is 0 Å². The zero-order chi connectivity index (χ0) is 20.9. The Morgan fingerprint density at radius 1 is 1.29 bits per heavy atom. The molecule has 1 aromatic heterocycles. The molecule has 0 unspecified atom stereocenters. The number of carbonyl (C=O) groups is 2. The second kappa shape index (κ2) is 9.42. The van der Waals surface area contributed by atoms with E-state index in [0.29, 0.717) is 26.2 Å².